The van der Waals surface area contributed by atoms with Gasteiger partial charge in [-0.05, 0) is 26.0 Å². The Hall–Kier alpha value is -2.86. The molecule has 0 bridgehead atoms. The van der Waals surface area contributed by atoms with Crippen LogP contribution in [0.3, 0.4) is 0 Å². The lowest BCUT2D eigenvalue weighted by Gasteiger charge is -2.34. The molecular formula is C22H27N7O3S. The molecule has 1 aliphatic heterocycles. The Bertz CT molecular complexity index is 1210. The SMILES string of the molecule is Cc1c[nH]c(-c2nc(CN3CCN(CC(O)COc4ccc5sc(C)nc5c4)CC3)no2)n1. The molecular weight excluding hydrogens is 442 g/mol. The molecule has 0 saturated carbocycles. The summed E-state index contributed by atoms with van der Waals surface area (Å²) in [5.74, 6) is 2.38. The van der Waals surface area contributed by atoms with Gasteiger partial charge in [0.25, 0.3) is 5.89 Å². The standard InChI is InChI=1S/C22H27N7O3S/c1-14-10-23-21(24-14)22-26-20(27-32-22)12-29-7-5-28(6-8-29)11-16(30)13-31-17-3-4-19-18(9-17)25-15(2)33-19/h3-4,9-10,16,30H,5-8,11-13H2,1-2H3,(H,23,24). The lowest BCUT2D eigenvalue weighted by Crippen LogP contribution is -2.48. The molecule has 1 aromatic carbocycles. The smallest absolute Gasteiger partial charge is 0.293 e. The van der Waals surface area contributed by atoms with Crippen LogP contribution in [0.2, 0.25) is 0 Å². The number of H-pyrrole nitrogens is 1. The van der Waals surface area contributed by atoms with E-state index in [4.69, 9.17) is 9.26 Å². The van der Waals surface area contributed by atoms with E-state index in [2.05, 4.69) is 34.9 Å². The second kappa shape index (κ2) is 9.56. The zero-order chi connectivity index (χ0) is 22.8. The minimum absolute atomic E-state index is 0.257. The normalized spacial score (nSPS) is 16.5. The largest absolute Gasteiger partial charge is 0.491 e. The van der Waals surface area contributed by atoms with Crippen LogP contribution in [0.1, 0.15) is 16.5 Å². The van der Waals surface area contributed by atoms with Crippen molar-refractivity contribution >= 4 is 21.6 Å². The highest BCUT2D eigenvalue weighted by Gasteiger charge is 2.21. The van der Waals surface area contributed by atoms with E-state index in [0.29, 0.717) is 30.6 Å². The van der Waals surface area contributed by atoms with Gasteiger partial charge in [0.2, 0.25) is 0 Å². The van der Waals surface area contributed by atoms with Crippen molar-refractivity contribution < 1.29 is 14.4 Å². The molecule has 0 spiro atoms. The monoisotopic (exact) mass is 469 g/mol. The van der Waals surface area contributed by atoms with Gasteiger partial charge in [-0.1, -0.05) is 5.16 Å². The summed E-state index contributed by atoms with van der Waals surface area (Å²) >= 11 is 1.67. The number of aliphatic hydroxyl groups excluding tert-OH is 1. The molecule has 4 heterocycles. The number of hydrogen-bond acceptors (Lipinski definition) is 10. The van der Waals surface area contributed by atoms with Crippen LogP contribution in [0.25, 0.3) is 21.9 Å². The van der Waals surface area contributed by atoms with Gasteiger partial charge >= 0.3 is 0 Å². The van der Waals surface area contributed by atoms with Gasteiger partial charge in [0.1, 0.15) is 18.5 Å². The molecule has 0 amide bonds. The number of nitrogens with zero attached hydrogens (tertiary/aromatic N) is 6. The Labute approximate surface area is 195 Å². The maximum atomic E-state index is 10.5. The molecule has 33 heavy (non-hydrogen) atoms. The molecule has 0 radical (unpaired) electrons. The lowest BCUT2D eigenvalue weighted by atomic mass is 10.2. The minimum Gasteiger partial charge on any atom is -0.491 e. The van der Waals surface area contributed by atoms with Gasteiger partial charge in [-0.15, -0.1) is 11.3 Å². The number of fused-ring (bicyclic) bond motifs is 1. The van der Waals surface area contributed by atoms with Crippen LogP contribution in [-0.2, 0) is 6.54 Å². The molecule has 174 valence electrons. The number of rotatable bonds is 8. The predicted octanol–water partition coefficient (Wildman–Crippen LogP) is 2.24. The van der Waals surface area contributed by atoms with Crippen LogP contribution in [-0.4, -0.2) is 85.4 Å². The second-order valence-electron chi connectivity index (χ2n) is 8.31. The van der Waals surface area contributed by atoms with Crippen molar-refractivity contribution in [2.24, 2.45) is 0 Å². The number of aromatic amines is 1. The Morgan fingerprint density at radius 2 is 1.97 bits per heavy atom. The van der Waals surface area contributed by atoms with Gasteiger partial charge in [-0.3, -0.25) is 9.80 Å². The highest BCUT2D eigenvalue weighted by atomic mass is 32.1. The van der Waals surface area contributed by atoms with Crippen molar-refractivity contribution in [1.29, 1.82) is 0 Å². The maximum absolute atomic E-state index is 10.5. The molecule has 10 nitrogen and oxygen atoms in total. The number of aryl methyl sites for hydroxylation is 2. The number of nitrogens with one attached hydrogen (secondary N) is 1. The number of ether oxygens (including phenoxy) is 1. The van der Waals surface area contributed by atoms with E-state index in [9.17, 15) is 5.11 Å². The first kappa shape index (κ1) is 22.0. The molecule has 5 rings (SSSR count). The van der Waals surface area contributed by atoms with Gasteiger partial charge < -0.3 is 19.4 Å². The Balaban J connectivity index is 1.05. The first-order valence-corrected chi connectivity index (χ1v) is 11.8. The number of aromatic nitrogens is 5. The fourth-order valence-electron chi connectivity index (χ4n) is 3.92. The van der Waals surface area contributed by atoms with E-state index in [1.165, 1.54) is 0 Å². The first-order chi connectivity index (χ1) is 16.0. The summed E-state index contributed by atoms with van der Waals surface area (Å²) in [5.41, 5.74) is 1.82. The van der Waals surface area contributed by atoms with Crippen LogP contribution in [0, 0.1) is 13.8 Å². The van der Waals surface area contributed by atoms with Gasteiger partial charge in [0, 0.05) is 45.0 Å². The molecule has 3 aromatic heterocycles. The van der Waals surface area contributed by atoms with Crippen LogP contribution < -0.4 is 4.74 Å². The number of imidazole rings is 1. The Morgan fingerprint density at radius 1 is 1.15 bits per heavy atom. The predicted molar refractivity (Wildman–Crippen MR) is 124 cm³/mol. The van der Waals surface area contributed by atoms with Gasteiger partial charge in [-0.2, -0.15) is 4.98 Å². The fourth-order valence-corrected chi connectivity index (χ4v) is 4.73. The van der Waals surface area contributed by atoms with E-state index in [0.717, 1.165) is 52.8 Å². The molecule has 1 saturated heterocycles. The molecule has 4 aromatic rings. The quantitative estimate of drug-likeness (QED) is 0.401. The summed E-state index contributed by atoms with van der Waals surface area (Å²) in [6, 6.07) is 5.88. The molecule has 1 fully saturated rings. The Morgan fingerprint density at radius 3 is 2.76 bits per heavy atom. The Kier molecular flexibility index (Phi) is 6.36. The average Bonchev–Trinajstić information content (AvgIpc) is 3.52. The number of piperazine rings is 1. The summed E-state index contributed by atoms with van der Waals surface area (Å²) in [6.45, 7) is 8.84. The van der Waals surface area contributed by atoms with Gasteiger partial charge in [0.05, 0.1) is 27.5 Å². The van der Waals surface area contributed by atoms with Crippen molar-refractivity contribution in [3.05, 3.63) is 40.9 Å². The third-order valence-electron chi connectivity index (χ3n) is 5.58. The second-order valence-corrected chi connectivity index (χ2v) is 9.54. The van der Waals surface area contributed by atoms with E-state index in [1.807, 2.05) is 32.0 Å². The third-order valence-corrected chi connectivity index (χ3v) is 6.54. The molecule has 11 heteroatoms. The topological polar surface area (TPSA) is 116 Å². The third kappa shape index (κ3) is 5.38. The number of hydrogen-bond donors (Lipinski definition) is 2. The van der Waals surface area contributed by atoms with Crippen molar-refractivity contribution in [2.75, 3.05) is 39.3 Å². The van der Waals surface area contributed by atoms with E-state index >= 15 is 0 Å². The van der Waals surface area contributed by atoms with Crippen molar-refractivity contribution in [2.45, 2.75) is 26.5 Å². The van der Waals surface area contributed by atoms with Crippen LogP contribution >= 0.6 is 11.3 Å². The van der Waals surface area contributed by atoms with Gasteiger partial charge in [-0.25, -0.2) is 9.97 Å². The maximum Gasteiger partial charge on any atom is 0.293 e. The zero-order valence-electron chi connectivity index (χ0n) is 18.7. The number of benzene rings is 1. The van der Waals surface area contributed by atoms with Crippen LogP contribution in [0.4, 0.5) is 0 Å². The van der Waals surface area contributed by atoms with Crippen molar-refractivity contribution in [3.63, 3.8) is 0 Å². The number of thiazole rings is 1. The highest BCUT2D eigenvalue weighted by Crippen LogP contribution is 2.25. The van der Waals surface area contributed by atoms with Crippen molar-refractivity contribution in [3.8, 4) is 17.5 Å². The lowest BCUT2D eigenvalue weighted by molar-refractivity contribution is 0.0440. The minimum atomic E-state index is -0.555. The summed E-state index contributed by atoms with van der Waals surface area (Å²) < 4.78 is 12.3. The van der Waals surface area contributed by atoms with E-state index in [1.54, 1.807) is 17.5 Å². The highest BCUT2D eigenvalue weighted by molar-refractivity contribution is 7.18. The number of aliphatic hydroxyl groups is 1. The summed E-state index contributed by atoms with van der Waals surface area (Å²) in [5, 5.41) is 15.6. The van der Waals surface area contributed by atoms with E-state index < -0.39 is 6.10 Å². The fraction of sp³-hybridized carbons (Fsp3) is 0.455. The molecule has 0 aliphatic carbocycles. The van der Waals surface area contributed by atoms with Crippen LogP contribution in [0.15, 0.2) is 28.9 Å². The van der Waals surface area contributed by atoms with E-state index in [-0.39, 0.29) is 6.61 Å². The summed E-state index contributed by atoms with van der Waals surface area (Å²) in [6.07, 6.45) is 1.25. The zero-order valence-corrected chi connectivity index (χ0v) is 19.5. The average molecular weight is 470 g/mol. The van der Waals surface area contributed by atoms with Crippen LogP contribution in [0.5, 0.6) is 5.75 Å². The molecule has 1 atom stereocenters. The van der Waals surface area contributed by atoms with Crippen molar-refractivity contribution in [1.82, 2.24) is 34.9 Å². The molecule has 2 N–H and O–H groups in total. The van der Waals surface area contributed by atoms with Gasteiger partial charge in [0.15, 0.2) is 11.6 Å². The number of β-amino-alcohol motifs (C(OH)–C–C–N with tert-alkyl or cyclic N) is 1. The first-order valence-electron chi connectivity index (χ1n) is 11.0. The summed E-state index contributed by atoms with van der Waals surface area (Å²) in [4.78, 5) is 20.8. The summed E-state index contributed by atoms with van der Waals surface area (Å²) in [7, 11) is 0. The molecule has 1 unspecified atom stereocenters. The molecule has 1 aliphatic rings.